The zero-order valence-electron chi connectivity index (χ0n) is 10.4. The summed E-state index contributed by atoms with van der Waals surface area (Å²) in [5.74, 6) is -0.337. The van der Waals surface area contributed by atoms with E-state index in [-0.39, 0.29) is 23.3 Å². The number of amides is 1. The Morgan fingerprint density at radius 2 is 2.25 bits per heavy atom. The van der Waals surface area contributed by atoms with Crippen molar-refractivity contribution < 1.29 is 14.7 Å². The van der Waals surface area contributed by atoms with Crippen molar-refractivity contribution in [2.45, 2.75) is 6.10 Å². The number of halogens is 2. The summed E-state index contributed by atoms with van der Waals surface area (Å²) < 4.78 is 5.33. The highest BCUT2D eigenvalue weighted by molar-refractivity contribution is 6.43. The summed E-state index contributed by atoms with van der Waals surface area (Å²) in [4.78, 5) is 13.9. The Balaban J connectivity index is 2.19. The predicted molar refractivity (Wildman–Crippen MR) is 75.5 cm³/mol. The molecule has 1 unspecified atom stereocenters. The van der Waals surface area contributed by atoms with Crippen LogP contribution >= 0.6 is 23.2 Å². The molecule has 3 N–H and O–H groups in total. The molecule has 2 rings (SSSR count). The van der Waals surface area contributed by atoms with Gasteiger partial charge < -0.3 is 20.6 Å². The van der Waals surface area contributed by atoms with Crippen LogP contribution in [-0.4, -0.2) is 47.7 Å². The second kappa shape index (κ2) is 6.30. The molecule has 1 saturated heterocycles. The van der Waals surface area contributed by atoms with Gasteiger partial charge in [0.1, 0.15) is 6.10 Å². The SMILES string of the molecule is NC(=NO)C1CN(C(=O)c2cccc(Cl)c2Cl)CCO1. The summed E-state index contributed by atoms with van der Waals surface area (Å²) in [7, 11) is 0. The summed E-state index contributed by atoms with van der Waals surface area (Å²) in [6.45, 7) is 0.888. The molecule has 1 aliphatic rings. The summed E-state index contributed by atoms with van der Waals surface area (Å²) in [5.41, 5.74) is 5.81. The van der Waals surface area contributed by atoms with Crippen molar-refractivity contribution in [2.24, 2.45) is 10.9 Å². The maximum absolute atomic E-state index is 12.4. The van der Waals surface area contributed by atoms with Crippen molar-refractivity contribution in [3.63, 3.8) is 0 Å². The smallest absolute Gasteiger partial charge is 0.255 e. The Bertz CT molecular complexity index is 551. The molecule has 0 saturated carbocycles. The lowest BCUT2D eigenvalue weighted by Crippen LogP contribution is -2.50. The maximum Gasteiger partial charge on any atom is 0.255 e. The minimum atomic E-state index is -0.629. The van der Waals surface area contributed by atoms with E-state index in [1.165, 1.54) is 4.90 Å². The van der Waals surface area contributed by atoms with E-state index in [1.807, 2.05) is 0 Å². The van der Waals surface area contributed by atoms with Gasteiger partial charge in [0.2, 0.25) is 0 Å². The van der Waals surface area contributed by atoms with Crippen molar-refractivity contribution in [1.82, 2.24) is 4.90 Å². The van der Waals surface area contributed by atoms with Crippen LogP contribution in [0.2, 0.25) is 10.0 Å². The lowest BCUT2D eigenvalue weighted by Gasteiger charge is -2.32. The van der Waals surface area contributed by atoms with Crippen LogP contribution < -0.4 is 5.73 Å². The van der Waals surface area contributed by atoms with Crippen LogP contribution in [0.1, 0.15) is 10.4 Å². The molecular formula is C12H13Cl2N3O3. The molecule has 0 bridgehead atoms. The quantitative estimate of drug-likeness (QED) is 0.375. The average Bonchev–Trinajstić information content (AvgIpc) is 2.48. The molecule has 1 aliphatic heterocycles. The second-order valence-corrected chi connectivity index (χ2v) is 5.02. The fraction of sp³-hybridized carbons (Fsp3) is 0.333. The number of oxime groups is 1. The molecule has 0 radical (unpaired) electrons. The Morgan fingerprint density at radius 1 is 1.50 bits per heavy atom. The number of rotatable bonds is 2. The molecule has 0 aromatic heterocycles. The Labute approximate surface area is 125 Å². The van der Waals surface area contributed by atoms with Crippen molar-refractivity contribution >= 4 is 34.9 Å². The van der Waals surface area contributed by atoms with Crippen LogP contribution in [0.3, 0.4) is 0 Å². The molecule has 0 spiro atoms. The molecule has 20 heavy (non-hydrogen) atoms. The molecule has 1 heterocycles. The molecule has 0 aliphatic carbocycles. The van der Waals surface area contributed by atoms with E-state index < -0.39 is 6.10 Å². The lowest BCUT2D eigenvalue weighted by molar-refractivity contribution is 0.00676. The fourth-order valence-corrected chi connectivity index (χ4v) is 2.30. The first-order chi connectivity index (χ1) is 9.54. The van der Waals surface area contributed by atoms with Crippen LogP contribution in [0.15, 0.2) is 23.4 Å². The number of hydrogen-bond donors (Lipinski definition) is 2. The second-order valence-electron chi connectivity index (χ2n) is 4.24. The first-order valence-corrected chi connectivity index (χ1v) is 6.62. The maximum atomic E-state index is 12.4. The summed E-state index contributed by atoms with van der Waals surface area (Å²) in [5, 5.41) is 12.1. The van der Waals surface area contributed by atoms with Gasteiger partial charge in [0.25, 0.3) is 5.91 Å². The molecule has 1 fully saturated rings. The number of nitrogens with two attached hydrogens (primary N) is 1. The van der Waals surface area contributed by atoms with E-state index in [1.54, 1.807) is 18.2 Å². The number of nitrogens with zero attached hydrogens (tertiary/aromatic N) is 2. The molecule has 1 atom stereocenters. The van der Waals surface area contributed by atoms with Crippen LogP contribution in [0.4, 0.5) is 0 Å². The van der Waals surface area contributed by atoms with Gasteiger partial charge in [-0.25, -0.2) is 0 Å². The van der Waals surface area contributed by atoms with Gasteiger partial charge >= 0.3 is 0 Å². The number of carbonyl (C=O) groups is 1. The zero-order valence-corrected chi connectivity index (χ0v) is 11.9. The third-order valence-electron chi connectivity index (χ3n) is 2.98. The van der Waals surface area contributed by atoms with Crippen molar-refractivity contribution in [2.75, 3.05) is 19.7 Å². The number of carbonyl (C=O) groups excluding carboxylic acids is 1. The molecule has 1 amide bonds. The molecule has 1 aromatic carbocycles. The Kier molecular flexibility index (Phi) is 4.69. The van der Waals surface area contributed by atoms with E-state index >= 15 is 0 Å². The molecular weight excluding hydrogens is 305 g/mol. The third-order valence-corrected chi connectivity index (χ3v) is 3.80. The van der Waals surface area contributed by atoms with E-state index in [0.717, 1.165) is 0 Å². The highest BCUT2D eigenvalue weighted by atomic mass is 35.5. The Morgan fingerprint density at radius 3 is 2.95 bits per heavy atom. The summed E-state index contributed by atoms with van der Waals surface area (Å²) in [6.07, 6.45) is -0.629. The van der Waals surface area contributed by atoms with Crippen molar-refractivity contribution in [1.29, 1.82) is 0 Å². The first-order valence-electron chi connectivity index (χ1n) is 5.87. The lowest BCUT2D eigenvalue weighted by atomic mass is 10.1. The normalized spacial score (nSPS) is 20.0. The summed E-state index contributed by atoms with van der Waals surface area (Å²) >= 11 is 11.9. The van der Waals surface area contributed by atoms with E-state index in [9.17, 15) is 4.79 Å². The van der Waals surface area contributed by atoms with Crippen LogP contribution in [-0.2, 0) is 4.74 Å². The van der Waals surface area contributed by atoms with Gasteiger partial charge in [0, 0.05) is 6.54 Å². The number of amidine groups is 1. The van der Waals surface area contributed by atoms with E-state index in [2.05, 4.69) is 5.16 Å². The van der Waals surface area contributed by atoms with Crippen LogP contribution in [0.25, 0.3) is 0 Å². The standard InChI is InChI=1S/C12H13Cl2N3O3/c13-8-3-1-2-7(10(8)14)12(18)17-4-5-20-9(6-17)11(15)16-19/h1-3,9,19H,4-6H2,(H2,15,16). The van der Waals surface area contributed by atoms with Gasteiger partial charge in [-0.05, 0) is 12.1 Å². The van der Waals surface area contributed by atoms with Gasteiger partial charge in [-0.2, -0.15) is 0 Å². The third kappa shape index (κ3) is 2.98. The first kappa shape index (κ1) is 14.9. The van der Waals surface area contributed by atoms with E-state index in [0.29, 0.717) is 23.7 Å². The monoisotopic (exact) mass is 317 g/mol. The molecule has 1 aromatic rings. The average molecular weight is 318 g/mol. The van der Waals surface area contributed by atoms with E-state index in [4.69, 9.17) is 38.9 Å². The molecule has 108 valence electrons. The van der Waals surface area contributed by atoms with Gasteiger partial charge in [-0.1, -0.05) is 34.4 Å². The number of benzene rings is 1. The van der Waals surface area contributed by atoms with Crippen LogP contribution in [0, 0.1) is 0 Å². The van der Waals surface area contributed by atoms with Crippen LogP contribution in [0.5, 0.6) is 0 Å². The van der Waals surface area contributed by atoms with Gasteiger partial charge in [-0.15, -0.1) is 0 Å². The fourth-order valence-electron chi connectivity index (χ4n) is 1.92. The van der Waals surface area contributed by atoms with Gasteiger partial charge in [0.15, 0.2) is 5.84 Å². The number of ether oxygens (including phenoxy) is 1. The zero-order chi connectivity index (χ0) is 14.7. The minimum absolute atomic E-state index is 0.0697. The van der Waals surface area contributed by atoms with Gasteiger partial charge in [-0.3, -0.25) is 4.79 Å². The predicted octanol–water partition coefficient (Wildman–Crippen LogP) is 1.58. The topological polar surface area (TPSA) is 88.2 Å². The molecule has 8 heteroatoms. The number of morpholine rings is 1. The van der Waals surface area contributed by atoms with Gasteiger partial charge in [0.05, 0.1) is 28.8 Å². The van der Waals surface area contributed by atoms with Crippen molar-refractivity contribution in [3.8, 4) is 0 Å². The number of hydrogen-bond acceptors (Lipinski definition) is 4. The Hall–Kier alpha value is -1.50. The molecule has 6 nitrogen and oxygen atoms in total. The minimum Gasteiger partial charge on any atom is -0.409 e. The van der Waals surface area contributed by atoms with Crippen molar-refractivity contribution in [3.05, 3.63) is 33.8 Å². The largest absolute Gasteiger partial charge is 0.409 e. The highest BCUT2D eigenvalue weighted by Gasteiger charge is 2.28. The highest BCUT2D eigenvalue weighted by Crippen LogP contribution is 2.27. The summed E-state index contributed by atoms with van der Waals surface area (Å²) in [6, 6.07) is 4.87.